The number of hydrogen-bond donors (Lipinski definition) is 1. The fourth-order valence-electron chi connectivity index (χ4n) is 2.74. The van der Waals surface area contributed by atoms with Crippen LogP contribution in [-0.2, 0) is 9.53 Å². The summed E-state index contributed by atoms with van der Waals surface area (Å²) in [6.07, 6.45) is -0.568. The fraction of sp³-hybridized carbons (Fsp3) is 0.211. The minimum absolute atomic E-state index is 0.0320. The normalized spacial score (nSPS) is 16.2. The number of benzene rings is 2. The van der Waals surface area contributed by atoms with E-state index in [1.165, 1.54) is 30.2 Å². The molecule has 3 rings (SSSR count). The van der Waals surface area contributed by atoms with E-state index in [0.717, 1.165) is 0 Å². The molecule has 0 unspecified atom stereocenters. The number of aromatic hydroxyl groups is 1. The molecule has 1 aliphatic heterocycles. The molecule has 26 heavy (non-hydrogen) atoms. The molecule has 1 saturated heterocycles. The van der Waals surface area contributed by atoms with E-state index in [0.29, 0.717) is 30.0 Å². The number of rotatable bonds is 4. The quantitative estimate of drug-likeness (QED) is 0.847. The molecule has 1 aliphatic rings. The summed E-state index contributed by atoms with van der Waals surface area (Å²) in [4.78, 5) is 26.3. The highest BCUT2D eigenvalue weighted by Gasteiger charge is 2.36. The van der Waals surface area contributed by atoms with Gasteiger partial charge in [0, 0.05) is 24.7 Å². The van der Waals surface area contributed by atoms with Crippen molar-refractivity contribution in [3.05, 3.63) is 53.6 Å². The minimum atomic E-state index is -0.917. The van der Waals surface area contributed by atoms with Crippen molar-refractivity contribution < 1.29 is 24.2 Å². The lowest BCUT2D eigenvalue weighted by molar-refractivity contribution is -0.124. The SMILES string of the molecule is COc1ccc(C(=O)O[C@H]2CCN(c3ccc(C#N)cc3)C2=O)c(O)c1. The molecule has 1 fully saturated rings. The van der Waals surface area contributed by atoms with Crippen LogP contribution in [0.5, 0.6) is 11.5 Å². The van der Waals surface area contributed by atoms with Gasteiger partial charge in [-0.25, -0.2) is 4.79 Å². The molecule has 0 saturated carbocycles. The highest BCUT2D eigenvalue weighted by atomic mass is 16.5. The van der Waals surface area contributed by atoms with Gasteiger partial charge in [-0.05, 0) is 36.4 Å². The van der Waals surface area contributed by atoms with Crippen LogP contribution >= 0.6 is 0 Å². The first-order chi connectivity index (χ1) is 12.5. The molecule has 0 bridgehead atoms. The standard InChI is InChI=1S/C19H16N2O5/c1-25-14-6-7-15(16(22)10-14)19(24)26-17-8-9-21(18(17)23)13-4-2-12(11-20)3-5-13/h2-7,10,17,22H,8-9H2,1H3/t17-/m0/s1. The zero-order valence-corrected chi connectivity index (χ0v) is 14.0. The summed E-state index contributed by atoms with van der Waals surface area (Å²) in [6.45, 7) is 0.400. The van der Waals surface area contributed by atoms with Crippen LogP contribution in [0.4, 0.5) is 5.69 Å². The first-order valence-corrected chi connectivity index (χ1v) is 7.93. The van der Waals surface area contributed by atoms with E-state index in [-0.39, 0.29) is 17.2 Å². The molecular formula is C19H16N2O5. The van der Waals surface area contributed by atoms with Gasteiger partial charge in [-0.1, -0.05) is 0 Å². The molecular weight excluding hydrogens is 336 g/mol. The molecule has 0 spiro atoms. The van der Waals surface area contributed by atoms with Gasteiger partial charge in [-0.3, -0.25) is 4.79 Å². The molecule has 2 aromatic rings. The average molecular weight is 352 g/mol. The third kappa shape index (κ3) is 3.30. The number of carbonyl (C=O) groups excluding carboxylic acids is 2. The van der Waals surface area contributed by atoms with Gasteiger partial charge in [0.05, 0.1) is 18.7 Å². The molecule has 1 amide bonds. The molecule has 0 aliphatic carbocycles. The number of carbonyl (C=O) groups is 2. The maximum atomic E-state index is 12.5. The lowest BCUT2D eigenvalue weighted by atomic mass is 10.2. The largest absolute Gasteiger partial charge is 0.507 e. The Hall–Kier alpha value is -3.53. The predicted molar refractivity (Wildman–Crippen MR) is 92.0 cm³/mol. The van der Waals surface area contributed by atoms with Crippen LogP contribution in [0.15, 0.2) is 42.5 Å². The van der Waals surface area contributed by atoms with Crippen LogP contribution in [0.2, 0.25) is 0 Å². The average Bonchev–Trinajstić information content (AvgIpc) is 3.02. The van der Waals surface area contributed by atoms with E-state index in [4.69, 9.17) is 14.7 Å². The van der Waals surface area contributed by atoms with Crippen LogP contribution in [0.25, 0.3) is 0 Å². The third-order valence-corrected chi connectivity index (χ3v) is 4.14. The zero-order valence-electron chi connectivity index (χ0n) is 14.0. The number of hydrogen-bond acceptors (Lipinski definition) is 6. The molecule has 0 aromatic heterocycles. The number of phenols is 1. The van der Waals surface area contributed by atoms with E-state index < -0.39 is 12.1 Å². The Balaban J connectivity index is 1.70. The summed E-state index contributed by atoms with van der Waals surface area (Å²) in [6, 6.07) is 12.8. The fourth-order valence-corrected chi connectivity index (χ4v) is 2.74. The molecule has 1 heterocycles. The second-order valence-electron chi connectivity index (χ2n) is 5.71. The second-order valence-corrected chi connectivity index (χ2v) is 5.71. The number of ether oxygens (including phenoxy) is 2. The van der Waals surface area contributed by atoms with Crippen molar-refractivity contribution >= 4 is 17.6 Å². The number of methoxy groups -OCH3 is 1. The van der Waals surface area contributed by atoms with E-state index in [9.17, 15) is 14.7 Å². The Morgan fingerprint density at radius 2 is 2.00 bits per heavy atom. The molecule has 7 heteroatoms. The predicted octanol–water partition coefficient (Wildman–Crippen LogP) is 2.23. The lowest BCUT2D eigenvalue weighted by Crippen LogP contribution is -2.32. The summed E-state index contributed by atoms with van der Waals surface area (Å²) in [5, 5.41) is 18.7. The first kappa shape index (κ1) is 17.3. The Morgan fingerprint density at radius 3 is 2.62 bits per heavy atom. The molecule has 2 aromatic carbocycles. The number of nitriles is 1. The van der Waals surface area contributed by atoms with Gasteiger partial charge in [0.2, 0.25) is 0 Å². The Bertz CT molecular complexity index is 886. The summed E-state index contributed by atoms with van der Waals surface area (Å²) in [7, 11) is 1.45. The Morgan fingerprint density at radius 1 is 1.27 bits per heavy atom. The zero-order chi connectivity index (χ0) is 18.7. The van der Waals surface area contributed by atoms with E-state index in [2.05, 4.69) is 0 Å². The van der Waals surface area contributed by atoms with E-state index in [1.807, 2.05) is 6.07 Å². The van der Waals surface area contributed by atoms with Crippen molar-refractivity contribution in [3.63, 3.8) is 0 Å². The lowest BCUT2D eigenvalue weighted by Gasteiger charge is -2.17. The molecule has 7 nitrogen and oxygen atoms in total. The number of anilines is 1. The van der Waals surface area contributed by atoms with Gasteiger partial charge in [-0.2, -0.15) is 5.26 Å². The van der Waals surface area contributed by atoms with Crippen molar-refractivity contribution in [2.45, 2.75) is 12.5 Å². The smallest absolute Gasteiger partial charge is 0.342 e. The minimum Gasteiger partial charge on any atom is -0.507 e. The van der Waals surface area contributed by atoms with Gasteiger partial charge >= 0.3 is 5.97 Å². The van der Waals surface area contributed by atoms with Crippen molar-refractivity contribution in [1.29, 1.82) is 5.26 Å². The van der Waals surface area contributed by atoms with Crippen LogP contribution in [0, 0.1) is 11.3 Å². The number of phenolic OH excluding ortho intramolecular Hbond substituents is 1. The summed E-state index contributed by atoms with van der Waals surface area (Å²) in [5.74, 6) is -0.979. The number of nitrogens with zero attached hydrogens (tertiary/aromatic N) is 2. The van der Waals surface area contributed by atoms with Crippen LogP contribution in [0.1, 0.15) is 22.3 Å². The van der Waals surface area contributed by atoms with Gasteiger partial charge in [0.15, 0.2) is 6.10 Å². The third-order valence-electron chi connectivity index (χ3n) is 4.14. The first-order valence-electron chi connectivity index (χ1n) is 7.93. The van der Waals surface area contributed by atoms with Gasteiger partial charge in [0.1, 0.15) is 17.1 Å². The van der Waals surface area contributed by atoms with Crippen LogP contribution < -0.4 is 9.64 Å². The molecule has 0 radical (unpaired) electrons. The Kier molecular flexibility index (Phi) is 4.76. The number of amides is 1. The monoisotopic (exact) mass is 352 g/mol. The van der Waals surface area contributed by atoms with Crippen molar-refractivity contribution in [3.8, 4) is 17.6 Å². The molecule has 132 valence electrons. The van der Waals surface area contributed by atoms with Crippen LogP contribution in [0.3, 0.4) is 0 Å². The van der Waals surface area contributed by atoms with Gasteiger partial charge < -0.3 is 19.5 Å². The van der Waals surface area contributed by atoms with E-state index in [1.54, 1.807) is 24.3 Å². The maximum absolute atomic E-state index is 12.5. The van der Waals surface area contributed by atoms with Gasteiger partial charge in [0.25, 0.3) is 5.91 Å². The highest BCUT2D eigenvalue weighted by molar-refractivity contribution is 6.01. The molecule has 1 atom stereocenters. The van der Waals surface area contributed by atoms with Crippen molar-refractivity contribution in [2.75, 3.05) is 18.6 Å². The van der Waals surface area contributed by atoms with Crippen molar-refractivity contribution in [1.82, 2.24) is 0 Å². The second kappa shape index (κ2) is 7.15. The maximum Gasteiger partial charge on any atom is 0.342 e. The number of esters is 1. The van der Waals surface area contributed by atoms with Gasteiger partial charge in [-0.15, -0.1) is 0 Å². The van der Waals surface area contributed by atoms with E-state index >= 15 is 0 Å². The summed E-state index contributed by atoms with van der Waals surface area (Å²) < 4.78 is 10.2. The topological polar surface area (TPSA) is 99.9 Å². The molecule has 1 N–H and O–H groups in total. The highest BCUT2D eigenvalue weighted by Crippen LogP contribution is 2.27. The van der Waals surface area contributed by atoms with Crippen LogP contribution in [-0.4, -0.2) is 36.7 Å². The van der Waals surface area contributed by atoms with Crippen molar-refractivity contribution in [2.24, 2.45) is 0 Å². The Labute approximate surface area is 150 Å². The summed E-state index contributed by atoms with van der Waals surface area (Å²) >= 11 is 0. The summed E-state index contributed by atoms with van der Waals surface area (Å²) in [5.41, 5.74) is 1.11.